The molecule has 1 heterocycles. The Morgan fingerprint density at radius 1 is 1.56 bits per heavy atom. The fourth-order valence-corrected chi connectivity index (χ4v) is 1.56. The van der Waals surface area contributed by atoms with Gasteiger partial charge in [-0.25, -0.2) is 0 Å². The van der Waals surface area contributed by atoms with Crippen LogP contribution in [0.5, 0.6) is 0 Å². The summed E-state index contributed by atoms with van der Waals surface area (Å²) in [5, 5.41) is 2.74. The van der Waals surface area contributed by atoms with Gasteiger partial charge in [0.1, 0.15) is 5.88 Å². The fraction of sp³-hybridized carbons (Fsp3) is 0.500. The summed E-state index contributed by atoms with van der Waals surface area (Å²) in [6.07, 6.45) is 1.79. The number of aromatic nitrogens is 1. The second kappa shape index (κ2) is 9.14. The van der Waals surface area contributed by atoms with Crippen LogP contribution < -0.4 is 5.32 Å². The van der Waals surface area contributed by atoms with Crippen LogP contribution >= 0.6 is 24.0 Å². The lowest BCUT2D eigenvalue weighted by atomic mass is 10.2. The zero-order valence-electron chi connectivity index (χ0n) is 10.6. The van der Waals surface area contributed by atoms with E-state index < -0.39 is 0 Å². The van der Waals surface area contributed by atoms with Gasteiger partial charge in [0.2, 0.25) is 5.91 Å². The van der Waals surface area contributed by atoms with Crippen LogP contribution in [0.4, 0.5) is 0 Å². The van der Waals surface area contributed by atoms with Crippen molar-refractivity contribution in [3.8, 4) is 0 Å². The Balaban J connectivity index is 0.00000289. The highest BCUT2D eigenvalue weighted by Gasteiger charge is 2.12. The molecule has 1 amide bonds. The minimum Gasteiger partial charge on any atom is -0.354 e. The number of alkyl halides is 1. The van der Waals surface area contributed by atoms with Gasteiger partial charge < -0.3 is 5.32 Å². The van der Waals surface area contributed by atoms with E-state index in [0.717, 1.165) is 12.2 Å². The second-order valence-electron chi connectivity index (χ2n) is 3.89. The summed E-state index contributed by atoms with van der Waals surface area (Å²) >= 11 is 5.39. The Bertz CT molecular complexity index is 348. The van der Waals surface area contributed by atoms with Crippen molar-refractivity contribution >= 4 is 29.9 Å². The molecule has 0 aliphatic carbocycles. The second-order valence-corrected chi connectivity index (χ2v) is 4.16. The molecule has 0 aliphatic heterocycles. The Kier molecular flexibility index (Phi) is 8.71. The zero-order chi connectivity index (χ0) is 12.7. The van der Waals surface area contributed by atoms with Crippen molar-refractivity contribution in [2.75, 3.05) is 26.0 Å². The number of pyridine rings is 1. The molecular formula is C12H19Cl2N3O. The Hall–Kier alpha value is -0.840. The highest BCUT2D eigenvalue weighted by atomic mass is 35.5. The molecule has 0 aromatic carbocycles. The summed E-state index contributed by atoms with van der Waals surface area (Å²) in [6, 6.07) is 6.10. The first kappa shape index (κ1) is 17.2. The molecule has 0 spiro atoms. The maximum Gasteiger partial charge on any atom is 0.234 e. The van der Waals surface area contributed by atoms with Crippen LogP contribution in [0, 0.1) is 0 Å². The van der Waals surface area contributed by atoms with Crippen molar-refractivity contribution in [2.24, 2.45) is 0 Å². The van der Waals surface area contributed by atoms with Gasteiger partial charge in [-0.2, -0.15) is 0 Å². The van der Waals surface area contributed by atoms with E-state index in [2.05, 4.69) is 22.1 Å². The van der Waals surface area contributed by atoms with Crippen LogP contribution in [-0.4, -0.2) is 41.8 Å². The number of nitrogens with zero attached hydrogens (tertiary/aromatic N) is 2. The van der Waals surface area contributed by atoms with Gasteiger partial charge in [-0.05, 0) is 26.1 Å². The molecule has 4 nitrogen and oxygen atoms in total. The van der Waals surface area contributed by atoms with Crippen LogP contribution in [0.1, 0.15) is 18.7 Å². The molecule has 1 aromatic rings. The maximum atomic E-state index is 11.0. The first-order valence-electron chi connectivity index (χ1n) is 5.59. The third-order valence-corrected chi connectivity index (χ3v) is 2.93. The predicted molar refractivity (Wildman–Crippen MR) is 76.3 cm³/mol. The molecule has 0 saturated carbocycles. The molecule has 102 valence electrons. The molecule has 0 radical (unpaired) electrons. The van der Waals surface area contributed by atoms with E-state index in [-0.39, 0.29) is 30.2 Å². The minimum atomic E-state index is -0.134. The van der Waals surface area contributed by atoms with Crippen molar-refractivity contribution in [3.63, 3.8) is 0 Å². The Labute approximate surface area is 119 Å². The van der Waals surface area contributed by atoms with E-state index in [9.17, 15) is 4.79 Å². The van der Waals surface area contributed by atoms with Crippen LogP contribution in [0.2, 0.25) is 0 Å². The number of carbonyl (C=O) groups is 1. The predicted octanol–water partition coefficient (Wildman–Crippen LogP) is 1.85. The Morgan fingerprint density at radius 3 is 2.83 bits per heavy atom. The first-order valence-corrected chi connectivity index (χ1v) is 6.12. The summed E-state index contributed by atoms with van der Waals surface area (Å²) in [6.45, 7) is 3.45. The number of rotatable bonds is 6. The molecule has 18 heavy (non-hydrogen) atoms. The minimum absolute atomic E-state index is 0. The third-order valence-electron chi connectivity index (χ3n) is 2.69. The van der Waals surface area contributed by atoms with Gasteiger partial charge in [-0.3, -0.25) is 14.7 Å². The van der Waals surface area contributed by atoms with E-state index in [0.29, 0.717) is 6.54 Å². The molecular weight excluding hydrogens is 273 g/mol. The lowest BCUT2D eigenvalue weighted by Crippen LogP contribution is -2.34. The number of hydrogen-bond donors (Lipinski definition) is 1. The molecule has 1 aromatic heterocycles. The summed E-state index contributed by atoms with van der Waals surface area (Å²) < 4.78 is 0. The third kappa shape index (κ3) is 5.67. The van der Waals surface area contributed by atoms with Gasteiger partial charge in [-0.15, -0.1) is 24.0 Å². The smallest absolute Gasteiger partial charge is 0.234 e. The summed E-state index contributed by atoms with van der Waals surface area (Å²) in [5.74, 6) is -0.120. The molecule has 1 unspecified atom stereocenters. The zero-order valence-corrected chi connectivity index (χ0v) is 12.2. The van der Waals surface area contributed by atoms with E-state index in [1.54, 1.807) is 6.20 Å². The molecule has 1 rings (SSSR count). The standard InChI is InChI=1S/C12H18ClN3O.ClH/c1-10(11-5-3-4-6-14-11)16(2)8-7-15-12(17)9-13;/h3-6,10H,7-9H2,1-2H3,(H,15,17);1H. The van der Waals surface area contributed by atoms with Crippen LogP contribution in [0.15, 0.2) is 24.4 Å². The largest absolute Gasteiger partial charge is 0.354 e. The van der Waals surface area contributed by atoms with Crippen LogP contribution in [-0.2, 0) is 4.79 Å². The number of amides is 1. The van der Waals surface area contributed by atoms with Gasteiger partial charge in [0, 0.05) is 25.3 Å². The van der Waals surface area contributed by atoms with Crippen molar-refractivity contribution < 1.29 is 4.79 Å². The molecule has 1 N–H and O–H groups in total. The normalized spacial score (nSPS) is 11.8. The van der Waals surface area contributed by atoms with Crippen LogP contribution in [0.3, 0.4) is 0 Å². The molecule has 0 saturated heterocycles. The number of nitrogens with one attached hydrogen (secondary N) is 1. The van der Waals surface area contributed by atoms with Gasteiger partial charge in [0.25, 0.3) is 0 Å². The molecule has 0 bridgehead atoms. The van der Waals surface area contributed by atoms with Gasteiger partial charge >= 0.3 is 0 Å². The summed E-state index contributed by atoms with van der Waals surface area (Å²) in [4.78, 5) is 17.4. The maximum absolute atomic E-state index is 11.0. The van der Waals surface area contributed by atoms with Gasteiger partial charge in [0.15, 0.2) is 0 Å². The van der Waals surface area contributed by atoms with E-state index in [4.69, 9.17) is 11.6 Å². The highest BCUT2D eigenvalue weighted by Crippen LogP contribution is 2.14. The molecule has 0 aliphatic rings. The number of hydrogen-bond acceptors (Lipinski definition) is 3. The average molecular weight is 292 g/mol. The molecule has 0 fully saturated rings. The van der Waals surface area contributed by atoms with Crippen LogP contribution in [0.25, 0.3) is 0 Å². The first-order chi connectivity index (χ1) is 8.15. The lowest BCUT2D eigenvalue weighted by Gasteiger charge is -2.24. The van der Waals surface area contributed by atoms with E-state index in [1.807, 2.05) is 25.2 Å². The van der Waals surface area contributed by atoms with Crippen molar-refractivity contribution in [3.05, 3.63) is 30.1 Å². The lowest BCUT2D eigenvalue weighted by molar-refractivity contribution is -0.118. The summed E-state index contributed by atoms with van der Waals surface area (Å²) in [5.41, 5.74) is 1.03. The monoisotopic (exact) mass is 291 g/mol. The van der Waals surface area contributed by atoms with E-state index in [1.165, 1.54) is 0 Å². The topological polar surface area (TPSA) is 45.2 Å². The Morgan fingerprint density at radius 2 is 2.28 bits per heavy atom. The van der Waals surface area contributed by atoms with Crippen molar-refractivity contribution in [1.29, 1.82) is 0 Å². The van der Waals surface area contributed by atoms with Gasteiger partial charge in [-0.1, -0.05) is 6.07 Å². The molecule has 6 heteroatoms. The average Bonchev–Trinajstić information content (AvgIpc) is 2.38. The SMILES string of the molecule is CC(c1ccccn1)N(C)CCNC(=O)CCl.Cl. The summed E-state index contributed by atoms with van der Waals surface area (Å²) in [7, 11) is 2.01. The fourth-order valence-electron chi connectivity index (χ4n) is 1.46. The van der Waals surface area contributed by atoms with E-state index >= 15 is 0 Å². The number of carbonyl (C=O) groups excluding carboxylic acids is 1. The van der Waals surface area contributed by atoms with Gasteiger partial charge in [0.05, 0.1) is 5.69 Å². The highest BCUT2D eigenvalue weighted by molar-refractivity contribution is 6.27. The van der Waals surface area contributed by atoms with Crippen molar-refractivity contribution in [1.82, 2.24) is 15.2 Å². The number of halogens is 2. The quantitative estimate of drug-likeness (QED) is 0.814. The van der Waals surface area contributed by atoms with Crippen molar-refractivity contribution in [2.45, 2.75) is 13.0 Å². The molecule has 1 atom stereocenters. The number of likely N-dealkylation sites (N-methyl/N-ethyl adjacent to an activating group) is 1.